The Labute approximate surface area is 294 Å². The summed E-state index contributed by atoms with van der Waals surface area (Å²) in [5.41, 5.74) is -1.07. The summed E-state index contributed by atoms with van der Waals surface area (Å²) in [5.74, 6) is 0. The van der Waals surface area contributed by atoms with E-state index in [9.17, 15) is 0 Å². The predicted molar refractivity (Wildman–Crippen MR) is 202 cm³/mol. The molecule has 0 bridgehead atoms. The Morgan fingerprint density at radius 1 is 0.362 bits per heavy atom. The van der Waals surface area contributed by atoms with Crippen LogP contribution in [0.1, 0.15) is 252 Å². The molecule has 3 aliphatic rings. The summed E-state index contributed by atoms with van der Waals surface area (Å²) in [4.78, 5) is 0. The third kappa shape index (κ3) is 15.9. The van der Waals surface area contributed by atoms with Crippen molar-refractivity contribution >= 4 is 7.82 Å². The minimum absolute atomic E-state index is 0.357. The van der Waals surface area contributed by atoms with Gasteiger partial charge in [0.05, 0.1) is 16.8 Å². The molecule has 4 nitrogen and oxygen atoms in total. The summed E-state index contributed by atoms with van der Waals surface area (Å²) in [5, 5.41) is 0. The second kappa shape index (κ2) is 23.6. The fraction of sp³-hybridized carbons (Fsp3) is 1.00. The molecule has 3 aliphatic carbocycles. The lowest BCUT2D eigenvalue weighted by Gasteiger charge is -2.47. The maximum Gasteiger partial charge on any atom is 0.476 e. The van der Waals surface area contributed by atoms with Crippen LogP contribution < -0.4 is 0 Å². The quantitative estimate of drug-likeness (QED) is 0.0640. The topological polar surface area (TPSA) is 44.8 Å². The van der Waals surface area contributed by atoms with Gasteiger partial charge in [-0.2, -0.15) is 0 Å². The normalized spacial score (nSPS) is 21.2. The van der Waals surface area contributed by atoms with Crippen molar-refractivity contribution in [2.45, 2.75) is 269 Å². The first-order chi connectivity index (χ1) is 22.9. The molecule has 3 saturated carbocycles. The molecule has 278 valence electrons. The Bertz CT molecular complexity index is 705. The second-order valence-corrected chi connectivity index (χ2v) is 17.9. The molecule has 0 heterocycles. The highest BCUT2D eigenvalue weighted by atomic mass is 31.2. The summed E-state index contributed by atoms with van der Waals surface area (Å²) >= 11 is 0. The molecule has 0 aromatic carbocycles. The predicted octanol–water partition coefficient (Wildman–Crippen LogP) is 15.5. The van der Waals surface area contributed by atoms with Crippen LogP contribution in [0.3, 0.4) is 0 Å². The molecule has 0 atom stereocenters. The highest BCUT2D eigenvalue weighted by Crippen LogP contribution is 2.64. The van der Waals surface area contributed by atoms with Crippen LogP contribution in [0.2, 0.25) is 0 Å². The van der Waals surface area contributed by atoms with E-state index in [4.69, 9.17) is 13.6 Å². The first-order valence-corrected chi connectivity index (χ1v) is 23.1. The van der Waals surface area contributed by atoms with Crippen molar-refractivity contribution < 1.29 is 18.1 Å². The van der Waals surface area contributed by atoms with Gasteiger partial charge in [0.15, 0.2) is 0 Å². The molecule has 0 spiro atoms. The molecule has 47 heavy (non-hydrogen) atoms. The Morgan fingerprint density at radius 3 is 0.851 bits per heavy atom. The van der Waals surface area contributed by atoms with Gasteiger partial charge in [-0.25, -0.2) is 4.57 Å². The van der Waals surface area contributed by atoms with Gasteiger partial charge in [0, 0.05) is 0 Å². The molecular formula is C42H81O4P. The maximum atomic E-state index is 15.7. The lowest BCUT2D eigenvalue weighted by atomic mass is 9.81. The fourth-order valence-corrected chi connectivity index (χ4v) is 11.6. The van der Waals surface area contributed by atoms with E-state index in [1.165, 1.54) is 154 Å². The molecule has 0 aromatic heterocycles. The molecule has 5 heteroatoms. The van der Waals surface area contributed by atoms with E-state index in [-0.39, 0.29) is 16.8 Å². The van der Waals surface area contributed by atoms with Gasteiger partial charge in [-0.3, -0.25) is 13.6 Å². The lowest BCUT2D eigenvalue weighted by Crippen LogP contribution is -2.42. The van der Waals surface area contributed by atoms with Crippen LogP contribution in [-0.2, 0) is 18.1 Å². The van der Waals surface area contributed by atoms with Crippen molar-refractivity contribution in [3.05, 3.63) is 0 Å². The van der Waals surface area contributed by atoms with Crippen molar-refractivity contribution in [3.8, 4) is 0 Å². The smallest absolute Gasteiger partial charge is 0.280 e. The monoisotopic (exact) mass is 681 g/mol. The van der Waals surface area contributed by atoms with Gasteiger partial charge in [-0.05, 0) is 57.8 Å². The zero-order chi connectivity index (χ0) is 33.6. The molecule has 0 saturated heterocycles. The molecule has 0 unspecified atom stereocenters. The molecule has 3 rings (SSSR count). The Balaban J connectivity index is 1.83. The largest absolute Gasteiger partial charge is 0.476 e. The number of rotatable bonds is 27. The minimum atomic E-state index is -3.82. The Morgan fingerprint density at radius 2 is 0.596 bits per heavy atom. The van der Waals surface area contributed by atoms with E-state index in [0.29, 0.717) is 0 Å². The van der Waals surface area contributed by atoms with Crippen LogP contribution in [-0.4, -0.2) is 16.8 Å². The molecular weight excluding hydrogens is 599 g/mol. The molecule has 0 aromatic rings. The van der Waals surface area contributed by atoms with E-state index >= 15 is 4.57 Å². The minimum Gasteiger partial charge on any atom is -0.280 e. The molecule has 0 aliphatic heterocycles. The van der Waals surface area contributed by atoms with Crippen LogP contribution in [0.15, 0.2) is 0 Å². The average molecular weight is 681 g/mol. The van der Waals surface area contributed by atoms with Crippen molar-refractivity contribution in [2.75, 3.05) is 0 Å². The number of phosphoric ester groups is 1. The highest BCUT2D eigenvalue weighted by molar-refractivity contribution is 7.48. The standard InChI is InChI=1S/C42H81O4P/c1-4-7-10-13-16-22-31-40(34-25-19-26-35-40)44-47(43,45-41(36-27-20-28-37-41)32-23-17-14-11-8-5-2)46-42(38-29-21-30-39-42)33-24-18-15-12-9-6-3/h4-39H2,1-3H3. The van der Waals surface area contributed by atoms with Crippen molar-refractivity contribution in [1.29, 1.82) is 0 Å². The van der Waals surface area contributed by atoms with Gasteiger partial charge >= 0.3 is 7.82 Å². The van der Waals surface area contributed by atoms with E-state index in [2.05, 4.69) is 20.8 Å². The average Bonchev–Trinajstić information content (AvgIpc) is 3.07. The zero-order valence-corrected chi connectivity index (χ0v) is 32.9. The van der Waals surface area contributed by atoms with Gasteiger partial charge < -0.3 is 0 Å². The van der Waals surface area contributed by atoms with Crippen LogP contribution in [0, 0.1) is 0 Å². The highest BCUT2D eigenvalue weighted by Gasteiger charge is 2.51. The van der Waals surface area contributed by atoms with Crippen molar-refractivity contribution in [2.24, 2.45) is 0 Å². The van der Waals surface area contributed by atoms with Gasteiger partial charge in [0.25, 0.3) is 0 Å². The maximum absolute atomic E-state index is 15.7. The third-order valence-electron chi connectivity index (χ3n) is 12.2. The lowest BCUT2D eigenvalue weighted by molar-refractivity contribution is -0.0995. The zero-order valence-electron chi connectivity index (χ0n) is 32.0. The van der Waals surface area contributed by atoms with E-state index in [1.807, 2.05) is 0 Å². The Kier molecular flexibility index (Phi) is 20.8. The van der Waals surface area contributed by atoms with Gasteiger partial charge in [-0.1, -0.05) is 194 Å². The molecule has 0 N–H and O–H groups in total. The summed E-state index contributed by atoms with van der Waals surface area (Å²) < 4.78 is 37.2. The first kappa shape index (κ1) is 41.5. The second-order valence-electron chi connectivity index (χ2n) is 16.5. The van der Waals surface area contributed by atoms with Crippen molar-refractivity contribution in [3.63, 3.8) is 0 Å². The number of hydrogen-bond donors (Lipinski definition) is 0. The van der Waals surface area contributed by atoms with Crippen LogP contribution in [0.5, 0.6) is 0 Å². The molecule has 0 amide bonds. The first-order valence-electron chi connectivity index (χ1n) is 21.6. The van der Waals surface area contributed by atoms with Gasteiger partial charge in [0.2, 0.25) is 0 Å². The molecule has 0 radical (unpaired) electrons. The molecule has 3 fully saturated rings. The van der Waals surface area contributed by atoms with Crippen LogP contribution >= 0.6 is 7.82 Å². The number of hydrogen-bond acceptors (Lipinski definition) is 4. The van der Waals surface area contributed by atoms with E-state index in [0.717, 1.165) is 77.0 Å². The van der Waals surface area contributed by atoms with Crippen molar-refractivity contribution in [1.82, 2.24) is 0 Å². The van der Waals surface area contributed by atoms with Gasteiger partial charge in [0.1, 0.15) is 0 Å². The van der Waals surface area contributed by atoms with Crippen LogP contribution in [0.4, 0.5) is 0 Å². The van der Waals surface area contributed by atoms with E-state index in [1.54, 1.807) is 0 Å². The number of unbranched alkanes of at least 4 members (excludes halogenated alkanes) is 15. The summed E-state index contributed by atoms with van der Waals surface area (Å²) in [6.07, 6.45) is 42.8. The summed E-state index contributed by atoms with van der Waals surface area (Å²) in [7, 11) is -3.82. The fourth-order valence-electron chi connectivity index (χ4n) is 9.20. The summed E-state index contributed by atoms with van der Waals surface area (Å²) in [6.45, 7) is 6.87. The van der Waals surface area contributed by atoms with Crippen LogP contribution in [0.25, 0.3) is 0 Å². The van der Waals surface area contributed by atoms with E-state index < -0.39 is 7.82 Å². The Hall–Kier alpha value is 0.110. The number of phosphoric acid groups is 1. The summed E-state index contributed by atoms with van der Waals surface area (Å²) in [6, 6.07) is 0. The van der Waals surface area contributed by atoms with Gasteiger partial charge in [-0.15, -0.1) is 0 Å². The SMILES string of the molecule is CCCCCCCCC1(OP(=O)(OC2(CCCCCCCC)CCCCC2)OC2(CCCCCCCC)CCCCC2)CCCCC1. The third-order valence-corrected chi connectivity index (χ3v) is 14.0.